The zero-order valence-corrected chi connectivity index (χ0v) is 12.1. The molecule has 0 fully saturated rings. The molecule has 0 heterocycles. The molecule has 20 heavy (non-hydrogen) atoms. The van der Waals surface area contributed by atoms with E-state index < -0.39 is 11.4 Å². The number of carboxylic acid groups (broad SMARTS) is 1. The van der Waals surface area contributed by atoms with Crippen LogP contribution < -0.4 is 5.73 Å². The Morgan fingerprint density at radius 2 is 1.85 bits per heavy atom. The van der Waals surface area contributed by atoms with E-state index in [2.05, 4.69) is 0 Å². The van der Waals surface area contributed by atoms with Crippen LogP contribution >= 0.6 is 0 Å². The highest BCUT2D eigenvalue weighted by atomic mass is 16.4. The number of rotatable bonds is 9. The molecule has 0 aliphatic carbocycles. The highest BCUT2D eigenvalue weighted by Crippen LogP contribution is 2.32. The Bertz CT molecular complexity index is 433. The summed E-state index contributed by atoms with van der Waals surface area (Å²) in [5, 5.41) is 18.4. The molecule has 0 bridgehead atoms. The SMILES string of the molecule is Cc1ccccc1C(CN)(CCCCCCO)C(=O)O. The molecule has 4 N–H and O–H groups in total. The molecular weight excluding hydrogens is 254 g/mol. The van der Waals surface area contributed by atoms with Crippen LogP contribution in [0.1, 0.15) is 43.2 Å². The first-order chi connectivity index (χ1) is 9.58. The predicted molar refractivity (Wildman–Crippen MR) is 79.7 cm³/mol. The Labute approximate surface area is 120 Å². The molecule has 0 aliphatic rings. The number of aliphatic hydroxyl groups excluding tert-OH is 1. The molecule has 0 aliphatic heterocycles. The largest absolute Gasteiger partial charge is 0.481 e. The van der Waals surface area contributed by atoms with Gasteiger partial charge in [0.05, 0.1) is 0 Å². The van der Waals surface area contributed by atoms with Gasteiger partial charge in [-0.25, -0.2) is 0 Å². The molecule has 1 rings (SSSR count). The second kappa shape index (κ2) is 8.02. The Hall–Kier alpha value is -1.39. The van der Waals surface area contributed by atoms with Gasteiger partial charge in [-0.15, -0.1) is 0 Å². The molecule has 112 valence electrons. The van der Waals surface area contributed by atoms with Gasteiger partial charge in [-0.1, -0.05) is 43.5 Å². The van der Waals surface area contributed by atoms with Gasteiger partial charge in [-0.2, -0.15) is 0 Å². The van der Waals surface area contributed by atoms with E-state index in [0.29, 0.717) is 6.42 Å². The number of benzene rings is 1. The fourth-order valence-electron chi connectivity index (χ4n) is 2.66. The van der Waals surface area contributed by atoms with E-state index in [1.807, 2.05) is 31.2 Å². The van der Waals surface area contributed by atoms with Gasteiger partial charge in [0.15, 0.2) is 0 Å². The number of hydrogen-bond acceptors (Lipinski definition) is 3. The summed E-state index contributed by atoms with van der Waals surface area (Å²) < 4.78 is 0. The number of unbranched alkanes of at least 4 members (excludes halogenated alkanes) is 3. The smallest absolute Gasteiger partial charge is 0.315 e. The summed E-state index contributed by atoms with van der Waals surface area (Å²) >= 11 is 0. The fraction of sp³-hybridized carbons (Fsp3) is 0.562. The van der Waals surface area contributed by atoms with Crippen molar-refractivity contribution in [3.63, 3.8) is 0 Å². The minimum Gasteiger partial charge on any atom is -0.481 e. The van der Waals surface area contributed by atoms with E-state index in [4.69, 9.17) is 10.8 Å². The fourth-order valence-corrected chi connectivity index (χ4v) is 2.66. The number of aliphatic hydroxyl groups is 1. The van der Waals surface area contributed by atoms with Gasteiger partial charge in [-0.05, 0) is 30.9 Å². The number of aryl methyl sites for hydroxylation is 1. The molecule has 4 heteroatoms. The highest BCUT2D eigenvalue weighted by molar-refractivity contribution is 5.82. The zero-order valence-electron chi connectivity index (χ0n) is 12.1. The monoisotopic (exact) mass is 279 g/mol. The second-order valence-corrected chi connectivity index (χ2v) is 5.29. The number of aliphatic carboxylic acids is 1. The third-order valence-corrected chi connectivity index (χ3v) is 3.93. The van der Waals surface area contributed by atoms with E-state index in [9.17, 15) is 9.90 Å². The summed E-state index contributed by atoms with van der Waals surface area (Å²) in [6, 6.07) is 7.56. The quantitative estimate of drug-likeness (QED) is 0.605. The molecule has 0 radical (unpaired) electrons. The van der Waals surface area contributed by atoms with Crippen molar-refractivity contribution in [2.24, 2.45) is 5.73 Å². The molecule has 0 spiro atoms. The average molecular weight is 279 g/mol. The Kier molecular flexibility index (Phi) is 6.68. The summed E-state index contributed by atoms with van der Waals surface area (Å²) in [6.07, 6.45) is 3.95. The summed E-state index contributed by atoms with van der Waals surface area (Å²) in [5.41, 5.74) is 6.62. The zero-order chi connectivity index (χ0) is 15.0. The van der Waals surface area contributed by atoms with Gasteiger partial charge < -0.3 is 15.9 Å². The van der Waals surface area contributed by atoms with E-state index in [1.165, 1.54) is 0 Å². The third kappa shape index (κ3) is 3.81. The first-order valence-corrected chi connectivity index (χ1v) is 7.19. The Morgan fingerprint density at radius 1 is 1.20 bits per heavy atom. The van der Waals surface area contributed by atoms with Crippen LogP contribution in [0, 0.1) is 6.92 Å². The molecule has 0 saturated heterocycles. The van der Waals surface area contributed by atoms with Crippen molar-refractivity contribution in [3.05, 3.63) is 35.4 Å². The van der Waals surface area contributed by atoms with Gasteiger partial charge in [0, 0.05) is 13.2 Å². The minimum atomic E-state index is -0.995. The van der Waals surface area contributed by atoms with E-state index in [1.54, 1.807) is 0 Å². The molecule has 0 amide bonds. The predicted octanol–water partition coefficient (Wildman–Crippen LogP) is 2.22. The van der Waals surface area contributed by atoms with Crippen LogP contribution in [-0.4, -0.2) is 29.3 Å². The van der Waals surface area contributed by atoms with Gasteiger partial charge in [0.1, 0.15) is 5.41 Å². The van der Waals surface area contributed by atoms with Gasteiger partial charge in [0.2, 0.25) is 0 Å². The first kappa shape index (κ1) is 16.7. The van der Waals surface area contributed by atoms with Crippen LogP contribution in [0.15, 0.2) is 24.3 Å². The van der Waals surface area contributed by atoms with Crippen molar-refractivity contribution in [1.29, 1.82) is 0 Å². The van der Waals surface area contributed by atoms with Crippen molar-refractivity contribution >= 4 is 5.97 Å². The topological polar surface area (TPSA) is 83.5 Å². The third-order valence-electron chi connectivity index (χ3n) is 3.93. The van der Waals surface area contributed by atoms with Gasteiger partial charge in [0.25, 0.3) is 0 Å². The standard InChI is InChI=1S/C16H25NO3/c1-13-8-4-5-9-14(13)16(12-17,15(19)20)10-6-2-3-7-11-18/h4-5,8-9,18H,2-3,6-7,10-12,17H2,1H3,(H,19,20). The maximum Gasteiger partial charge on any atom is 0.315 e. The lowest BCUT2D eigenvalue weighted by atomic mass is 9.74. The minimum absolute atomic E-state index is 0.104. The lowest BCUT2D eigenvalue weighted by molar-refractivity contribution is -0.143. The van der Waals surface area contributed by atoms with Gasteiger partial charge in [-0.3, -0.25) is 4.79 Å². The molecule has 4 nitrogen and oxygen atoms in total. The van der Waals surface area contributed by atoms with Crippen molar-refractivity contribution < 1.29 is 15.0 Å². The Balaban J connectivity index is 2.87. The van der Waals surface area contributed by atoms with E-state index >= 15 is 0 Å². The number of hydrogen-bond donors (Lipinski definition) is 3. The van der Waals surface area contributed by atoms with Crippen molar-refractivity contribution in [2.45, 2.75) is 44.4 Å². The summed E-state index contributed by atoms with van der Waals surface area (Å²) in [5.74, 6) is -0.851. The highest BCUT2D eigenvalue weighted by Gasteiger charge is 2.39. The van der Waals surface area contributed by atoms with Crippen LogP contribution in [0.4, 0.5) is 0 Å². The maximum absolute atomic E-state index is 11.8. The van der Waals surface area contributed by atoms with E-state index in [0.717, 1.165) is 36.8 Å². The lowest BCUT2D eigenvalue weighted by Gasteiger charge is -2.30. The summed E-state index contributed by atoms with van der Waals surface area (Å²) in [7, 11) is 0. The molecule has 1 aromatic rings. The molecular formula is C16H25NO3. The van der Waals surface area contributed by atoms with Crippen LogP contribution in [0.3, 0.4) is 0 Å². The second-order valence-electron chi connectivity index (χ2n) is 5.29. The van der Waals surface area contributed by atoms with Crippen LogP contribution in [0.5, 0.6) is 0 Å². The van der Waals surface area contributed by atoms with Crippen molar-refractivity contribution in [3.8, 4) is 0 Å². The molecule has 0 aromatic heterocycles. The number of nitrogens with two attached hydrogens (primary N) is 1. The van der Waals surface area contributed by atoms with Crippen molar-refractivity contribution in [1.82, 2.24) is 0 Å². The Morgan fingerprint density at radius 3 is 2.40 bits per heavy atom. The number of carboxylic acids is 1. The summed E-state index contributed by atoms with van der Waals surface area (Å²) in [6.45, 7) is 2.22. The summed E-state index contributed by atoms with van der Waals surface area (Å²) in [4.78, 5) is 11.8. The van der Waals surface area contributed by atoms with Gasteiger partial charge >= 0.3 is 5.97 Å². The van der Waals surface area contributed by atoms with Crippen LogP contribution in [0.2, 0.25) is 0 Å². The molecule has 0 saturated carbocycles. The lowest BCUT2D eigenvalue weighted by Crippen LogP contribution is -2.43. The van der Waals surface area contributed by atoms with Crippen LogP contribution in [-0.2, 0) is 10.2 Å². The molecule has 1 aromatic carbocycles. The average Bonchev–Trinajstić information content (AvgIpc) is 2.44. The number of carbonyl (C=O) groups is 1. The first-order valence-electron chi connectivity index (χ1n) is 7.19. The molecule has 1 unspecified atom stereocenters. The van der Waals surface area contributed by atoms with Crippen molar-refractivity contribution in [2.75, 3.05) is 13.2 Å². The molecule has 1 atom stereocenters. The maximum atomic E-state index is 11.8. The van der Waals surface area contributed by atoms with Crippen LogP contribution in [0.25, 0.3) is 0 Å². The normalized spacial score (nSPS) is 13.9. The van der Waals surface area contributed by atoms with E-state index in [-0.39, 0.29) is 13.2 Å².